The van der Waals surface area contributed by atoms with Gasteiger partial charge in [-0.2, -0.15) is 0 Å². The Morgan fingerprint density at radius 1 is 0.566 bits per heavy atom. The summed E-state index contributed by atoms with van der Waals surface area (Å²) in [5.41, 5.74) is 12.8. The molecule has 1 aliphatic carbocycles. The van der Waals surface area contributed by atoms with Crippen LogP contribution in [-0.2, 0) is 17.3 Å². The molecule has 1 nitrogen and oxygen atoms in total. The number of allylic oxidation sites excluding steroid dienone is 4. The van der Waals surface area contributed by atoms with Gasteiger partial charge in [0.25, 0.3) is 0 Å². The second kappa shape index (κ2) is 13.7. The number of rotatable bonds is 7. The molecule has 1 heteroatoms. The Balaban J connectivity index is 1.24. The molecule has 1 aliphatic rings. The van der Waals surface area contributed by atoms with Crippen LogP contribution in [0.1, 0.15) is 58.2 Å². The van der Waals surface area contributed by atoms with Gasteiger partial charge < -0.3 is 4.90 Å². The number of benzene rings is 7. The highest BCUT2D eigenvalue weighted by Gasteiger charge is 2.38. The second-order valence-electron chi connectivity index (χ2n) is 16.3. The number of hydrogen-bond donors (Lipinski definition) is 0. The highest BCUT2D eigenvalue weighted by molar-refractivity contribution is 5.93. The number of anilines is 3. The fraction of sp³-hybridized carbons (Fsp3) is 0.192. The molecular weight excluding hydrogens is 639 g/mol. The molecular formula is C52H49N. The molecule has 1 unspecified atom stereocenters. The number of fused-ring (bicyclic) bond motifs is 3. The molecule has 0 fully saturated rings. The topological polar surface area (TPSA) is 3.24 Å². The predicted octanol–water partition coefficient (Wildman–Crippen LogP) is 14.7. The van der Waals surface area contributed by atoms with Crippen molar-refractivity contribution < 1.29 is 0 Å². The minimum atomic E-state index is 0.0216. The summed E-state index contributed by atoms with van der Waals surface area (Å²) in [7, 11) is 0. The zero-order valence-electron chi connectivity index (χ0n) is 31.9. The third-order valence-corrected chi connectivity index (χ3v) is 11.4. The molecule has 0 saturated carbocycles. The molecule has 53 heavy (non-hydrogen) atoms. The second-order valence-corrected chi connectivity index (χ2v) is 16.3. The van der Waals surface area contributed by atoms with Gasteiger partial charge in [0.15, 0.2) is 0 Å². The van der Waals surface area contributed by atoms with Gasteiger partial charge in [-0.1, -0.05) is 156 Å². The van der Waals surface area contributed by atoms with Crippen molar-refractivity contribution in [3.05, 3.63) is 187 Å². The normalized spacial score (nSPS) is 15.5. The maximum Gasteiger partial charge on any atom is 0.0468 e. The van der Waals surface area contributed by atoms with Crippen molar-refractivity contribution >= 4 is 38.6 Å². The van der Waals surface area contributed by atoms with Crippen LogP contribution in [0.2, 0.25) is 0 Å². The van der Waals surface area contributed by atoms with Gasteiger partial charge in [-0.3, -0.25) is 0 Å². The van der Waals surface area contributed by atoms with Crippen molar-refractivity contribution in [1.29, 1.82) is 0 Å². The van der Waals surface area contributed by atoms with E-state index in [1.165, 1.54) is 66.2 Å². The number of hydrogen-bond acceptors (Lipinski definition) is 1. The standard InChI is InChI=1S/C52H49N/c1-7-8-9-16-44-33-42-26-30-47(35-50(42)52(44,5)6)53(45-27-23-37(24-28-45)40-21-19-36-14-10-11-15-39(36)31-40)46-29-25-38-20-22-41(32-43(38)34-46)48-17-12-13-18-49(48)51(2,3)4/h7-32,34-35,44H,33H2,1-6H3/b8-7-,16-9-. The molecule has 0 bridgehead atoms. The summed E-state index contributed by atoms with van der Waals surface area (Å²) in [4.78, 5) is 2.44. The van der Waals surface area contributed by atoms with E-state index < -0.39 is 0 Å². The van der Waals surface area contributed by atoms with Crippen molar-refractivity contribution in [3.8, 4) is 22.3 Å². The monoisotopic (exact) mass is 687 g/mol. The van der Waals surface area contributed by atoms with Crippen molar-refractivity contribution in [2.45, 2.75) is 58.8 Å². The zero-order chi connectivity index (χ0) is 36.7. The molecule has 262 valence electrons. The van der Waals surface area contributed by atoms with Gasteiger partial charge in [-0.05, 0) is 139 Å². The van der Waals surface area contributed by atoms with E-state index in [9.17, 15) is 0 Å². The summed E-state index contributed by atoms with van der Waals surface area (Å²) >= 11 is 0. The van der Waals surface area contributed by atoms with E-state index in [0.29, 0.717) is 5.92 Å². The summed E-state index contributed by atoms with van der Waals surface area (Å²) in [6.45, 7) is 13.8. The van der Waals surface area contributed by atoms with Gasteiger partial charge in [-0.25, -0.2) is 0 Å². The van der Waals surface area contributed by atoms with Crippen molar-refractivity contribution in [2.24, 2.45) is 5.92 Å². The van der Waals surface area contributed by atoms with Crippen LogP contribution < -0.4 is 4.90 Å². The summed E-state index contributed by atoms with van der Waals surface area (Å²) in [5.74, 6) is 0.453. The highest BCUT2D eigenvalue weighted by Crippen LogP contribution is 2.47. The zero-order valence-corrected chi connectivity index (χ0v) is 31.9. The van der Waals surface area contributed by atoms with E-state index >= 15 is 0 Å². The van der Waals surface area contributed by atoms with Crippen molar-refractivity contribution in [3.63, 3.8) is 0 Å². The summed E-state index contributed by atoms with van der Waals surface area (Å²) in [5, 5.41) is 5.00. The molecule has 1 atom stereocenters. The Bertz CT molecular complexity index is 2500. The first-order valence-corrected chi connectivity index (χ1v) is 19.1. The van der Waals surface area contributed by atoms with Gasteiger partial charge in [0.05, 0.1) is 0 Å². The fourth-order valence-electron chi connectivity index (χ4n) is 8.34. The molecule has 0 aromatic heterocycles. The van der Waals surface area contributed by atoms with E-state index in [0.717, 1.165) is 17.8 Å². The molecule has 0 heterocycles. The van der Waals surface area contributed by atoms with Crippen LogP contribution in [0.25, 0.3) is 43.8 Å². The van der Waals surface area contributed by atoms with Crippen molar-refractivity contribution in [1.82, 2.24) is 0 Å². The average Bonchev–Trinajstić information content (AvgIpc) is 3.42. The van der Waals surface area contributed by atoms with Crippen molar-refractivity contribution in [2.75, 3.05) is 4.90 Å². The Labute approximate surface area is 316 Å². The fourth-order valence-corrected chi connectivity index (χ4v) is 8.34. The lowest BCUT2D eigenvalue weighted by atomic mass is 9.78. The first-order chi connectivity index (χ1) is 25.6. The van der Waals surface area contributed by atoms with Crippen LogP contribution in [0.15, 0.2) is 170 Å². The summed E-state index contributed by atoms with van der Waals surface area (Å²) in [6.07, 6.45) is 9.91. The molecule has 0 saturated heterocycles. The third-order valence-electron chi connectivity index (χ3n) is 11.4. The predicted molar refractivity (Wildman–Crippen MR) is 230 cm³/mol. The Hall–Kier alpha value is -5.66. The van der Waals surface area contributed by atoms with E-state index in [-0.39, 0.29) is 10.8 Å². The van der Waals surface area contributed by atoms with Crippen LogP contribution in [0.3, 0.4) is 0 Å². The van der Waals surface area contributed by atoms with E-state index in [4.69, 9.17) is 0 Å². The largest absolute Gasteiger partial charge is 0.310 e. The van der Waals surface area contributed by atoms with Crippen LogP contribution in [0.5, 0.6) is 0 Å². The Morgan fingerprint density at radius 3 is 1.94 bits per heavy atom. The van der Waals surface area contributed by atoms with Crippen LogP contribution >= 0.6 is 0 Å². The molecule has 0 spiro atoms. The molecule has 8 rings (SSSR count). The molecule has 0 amide bonds. The quantitative estimate of drug-likeness (QED) is 0.151. The van der Waals surface area contributed by atoms with Gasteiger partial charge in [0, 0.05) is 17.1 Å². The van der Waals surface area contributed by atoms with Gasteiger partial charge >= 0.3 is 0 Å². The summed E-state index contributed by atoms with van der Waals surface area (Å²) in [6, 6.07) is 54.3. The van der Waals surface area contributed by atoms with Crippen LogP contribution in [0.4, 0.5) is 17.1 Å². The van der Waals surface area contributed by atoms with E-state index in [2.05, 4.69) is 216 Å². The van der Waals surface area contributed by atoms with E-state index in [1.807, 2.05) is 0 Å². The molecule has 0 radical (unpaired) electrons. The summed E-state index contributed by atoms with van der Waals surface area (Å²) < 4.78 is 0. The first kappa shape index (κ1) is 34.4. The lowest BCUT2D eigenvalue weighted by Gasteiger charge is -2.29. The third kappa shape index (κ3) is 6.62. The molecule has 0 aliphatic heterocycles. The lowest BCUT2D eigenvalue weighted by Crippen LogP contribution is -2.22. The van der Waals surface area contributed by atoms with Crippen LogP contribution in [0, 0.1) is 5.92 Å². The SMILES string of the molecule is C/C=C\C=C/C1Cc2ccc(N(c3ccc(-c4ccc5ccccc5c4)cc3)c3ccc4ccc(-c5ccccc5C(C)(C)C)cc4c3)cc2C1(C)C. The lowest BCUT2D eigenvalue weighted by molar-refractivity contribution is 0.419. The van der Waals surface area contributed by atoms with E-state index in [1.54, 1.807) is 0 Å². The maximum absolute atomic E-state index is 2.45. The Morgan fingerprint density at radius 2 is 1.17 bits per heavy atom. The Kier molecular flexibility index (Phi) is 8.91. The molecule has 7 aromatic carbocycles. The first-order valence-electron chi connectivity index (χ1n) is 19.1. The van der Waals surface area contributed by atoms with Crippen LogP contribution in [-0.4, -0.2) is 0 Å². The maximum atomic E-state index is 2.45. The average molecular weight is 688 g/mol. The highest BCUT2D eigenvalue weighted by atomic mass is 15.1. The van der Waals surface area contributed by atoms with Gasteiger partial charge in [0.2, 0.25) is 0 Å². The molecule has 7 aromatic rings. The smallest absolute Gasteiger partial charge is 0.0468 e. The molecule has 0 N–H and O–H groups in total. The number of nitrogens with zero attached hydrogens (tertiary/aromatic N) is 1. The van der Waals surface area contributed by atoms with Gasteiger partial charge in [-0.15, -0.1) is 0 Å². The minimum Gasteiger partial charge on any atom is -0.310 e. The van der Waals surface area contributed by atoms with Gasteiger partial charge in [0.1, 0.15) is 0 Å². The minimum absolute atomic E-state index is 0.0216.